The smallest absolute Gasteiger partial charge is 0.439 e. The summed E-state index contributed by atoms with van der Waals surface area (Å²) in [4.78, 5) is 25.6. The number of aromatic amines is 1. The summed E-state index contributed by atoms with van der Waals surface area (Å²) in [7, 11) is 1.78. The summed E-state index contributed by atoms with van der Waals surface area (Å²) in [6.07, 6.45) is 4.15. The fraction of sp³-hybridized carbons (Fsp3) is 0.211. The number of anilines is 2. The molecule has 0 aliphatic heterocycles. The molecule has 0 saturated heterocycles. The summed E-state index contributed by atoms with van der Waals surface area (Å²) in [6, 6.07) is 7.73. The zero-order chi connectivity index (χ0) is 22.5. The van der Waals surface area contributed by atoms with Crippen LogP contribution in [-0.2, 0) is 32.7 Å². The van der Waals surface area contributed by atoms with Crippen LogP contribution in [0.15, 0.2) is 33.7 Å². The van der Waals surface area contributed by atoms with Crippen molar-refractivity contribution in [1.82, 2.24) is 15.1 Å². The number of aromatic nitrogens is 3. The minimum atomic E-state index is -0.716. The summed E-state index contributed by atoms with van der Waals surface area (Å²) in [5.74, 6) is 0.328. The van der Waals surface area contributed by atoms with Gasteiger partial charge in [-0.05, 0) is 24.1 Å². The van der Waals surface area contributed by atoms with Gasteiger partial charge in [0.25, 0.3) is 0 Å². The molecule has 2 heterocycles. The van der Waals surface area contributed by atoms with Gasteiger partial charge in [0.15, 0.2) is 6.29 Å². The van der Waals surface area contributed by atoms with E-state index < -0.39 is 5.76 Å². The number of unbranched alkanes of at least 4 members (excludes halogenated alkanes) is 1. The Morgan fingerprint density at radius 1 is 1.39 bits per heavy atom. The Labute approximate surface area is 214 Å². The number of aldehydes is 1. The predicted octanol–water partition coefficient (Wildman–Crippen LogP) is 4.40. The average molecular weight is 543 g/mol. The molecule has 3 aromatic rings. The molecule has 0 aliphatic rings. The van der Waals surface area contributed by atoms with Crippen molar-refractivity contribution in [1.29, 1.82) is 0 Å². The zero-order valence-electron chi connectivity index (χ0n) is 16.9. The Kier molecular flexibility index (Phi) is 14.8. The van der Waals surface area contributed by atoms with Crippen molar-refractivity contribution >= 4 is 41.0 Å². The van der Waals surface area contributed by atoms with Crippen molar-refractivity contribution in [2.75, 3.05) is 18.1 Å². The minimum absolute atomic E-state index is 0. The summed E-state index contributed by atoms with van der Waals surface area (Å²) < 4.78 is 9.52. The number of nitrogens with zero attached hydrogens (tertiary/aromatic N) is 2. The fourth-order valence-corrected chi connectivity index (χ4v) is 2.18. The van der Waals surface area contributed by atoms with Crippen molar-refractivity contribution in [2.24, 2.45) is 0 Å². The van der Waals surface area contributed by atoms with E-state index in [2.05, 4.69) is 39.9 Å². The second-order valence-electron chi connectivity index (χ2n) is 5.41. The minimum Gasteiger partial charge on any atom is -0.542 e. The van der Waals surface area contributed by atoms with E-state index in [1.165, 1.54) is 12.6 Å². The number of nitrogens with one attached hydrogen (secondary N) is 2. The third-order valence-electron chi connectivity index (χ3n) is 3.12. The van der Waals surface area contributed by atoms with Crippen molar-refractivity contribution in [2.45, 2.75) is 19.8 Å². The number of halogens is 2. The van der Waals surface area contributed by atoms with Gasteiger partial charge in [0.1, 0.15) is 5.75 Å². The van der Waals surface area contributed by atoms with Crippen LogP contribution in [0, 0.1) is 13.0 Å². The van der Waals surface area contributed by atoms with Crippen LogP contribution in [-0.4, -0.2) is 28.5 Å². The first-order valence-corrected chi connectivity index (χ1v) is 9.38. The van der Waals surface area contributed by atoms with Crippen molar-refractivity contribution in [3.05, 3.63) is 63.8 Å². The first-order valence-electron chi connectivity index (χ1n) is 8.62. The van der Waals surface area contributed by atoms with Gasteiger partial charge in [-0.3, -0.25) is 19.3 Å². The van der Waals surface area contributed by atoms with Gasteiger partial charge < -0.3 is 22.7 Å². The number of hydrogen-bond acceptors (Lipinski definition) is 8. The molecule has 1 aromatic carbocycles. The van der Waals surface area contributed by atoms with Gasteiger partial charge in [-0.25, -0.2) is 10.9 Å². The van der Waals surface area contributed by atoms with Gasteiger partial charge in [-0.1, -0.05) is 41.7 Å². The van der Waals surface area contributed by atoms with Crippen LogP contribution in [0.5, 0.6) is 11.5 Å². The van der Waals surface area contributed by atoms with Gasteiger partial charge in [0.2, 0.25) is 5.82 Å². The van der Waals surface area contributed by atoms with E-state index in [1.807, 2.05) is 4.98 Å². The number of nitrogens with two attached hydrogens (primary N) is 1. The quantitative estimate of drug-likeness (QED) is 0.319. The molecule has 165 valence electrons. The topological polar surface area (TPSA) is 136 Å². The van der Waals surface area contributed by atoms with Crippen molar-refractivity contribution < 1.29 is 46.8 Å². The van der Waals surface area contributed by atoms with Gasteiger partial charge in [-0.15, -0.1) is 0 Å². The molecular formula is C19H21Cl2N5O4Y-2. The number of nitrogen functional groups attached to an aromatic ring is 1. The Morgan fingerprint density at radius 2 is 2.00 bits per heavy atom. The second kappa shape index (κ2) is 15.8. The monoisotopic (exact) mass is 542 g/mol. The molecule has 0 saturated carbocycles. The van der Waals surface area contributed by atoms with Crippen LogP contribution in [0.4, 0.5) is 11.5 Å². The van der Waals surface area contributed by atoms with Crippen molar-refractivity contribution in [3.8, 4) is 11.5 Å². The molecule has 3 rings (SSSR count). The van der Waals surface area contributed by atoms with E-state index >= 15 is 0 Å². The SMILES string of the molecule is CNc1cc(Cl)c(Oc2c[c-]c(N)nc2)c(Cl)c1.O=Cc1noc(=O)[nH]1.[CH2-]CCC.[Y]. The van der Waals surface area contributed by atoms with Gasteiger partial charge in [-0.2, -0.15) is 12.5 Å². The molecule has 2 aromatic heterocycles. The Balaban J connectivity index is 0.000000576. The van der Waals surface area contributed by atoms with Crippen LogP contribution in [0.2, 0.25) is 10.0 Å². The number of carbonyl (C=O) groups excluding carboxylic acids is 1. The molecule has 0 spiro atoms. The van der Waals surface area contributed by atoms with Crippen LogP contribution < -0.4 is 21.5 Å². The zero-order valence-corrected chi connectivity index (χ0v) is 21.3. The predicted molar refractivity (Wildman–Crippen MR) is 116 cm³/mol. The first kappa shape index (κ1) is 29.1. The summed E-state index contributed by atoms with van der Waals surface area (Å²) >= 11 is 12.2. The molecule has 0 bridgehead atoms. The van der Waals surface area contributed by atoms with E-state index in [-0.39, 0.29) is 38.5 Å². The number of ether oxygens (including phenoxy) is 1. The van der Waals surface area contributed by atoms with Gasteiger partial charge >= 0.3 is 5.76 Å². The normalized spacial score (nSPS) is 9.19. The van der Waals surface area contributed by atoms with Crippen LogP contribution >= 0.6 is 23.2 Å². The van der Waals surface area contributed by atoms with Gasteiger partial charge in [0, 0.05) is 51.3 Å². The molecule has 0 atom stereocenters. The standard InChI is InChI=1S/C12H10Cl2N3O.C4H9.C3H2N2O3.Y/c1-16-7-4-9(13)12(10(14)5-7)18-8-2-3-11(15)17-6-8;1-3-4-2;6-1-2-4-3(7)8-5-2;/h2,4-6,16H,1H3,(H2,15,17);1,3-4H2,2H3;1H,(H,4,5,7);/q2*-1;;. The van der Waals surface area contributed by atoms with Crippen LogP contribution in [0.1, 0.15) is 30.4 Å². The molecule has 9 nitrogen and oxygen atoms in total. The number of rotatable bonds is 5. The van der Waals surface area contributed by atoms with E-state index in [1.54, 1.807) is 25.2 Å². The summed E-state index contributed by atoms with van der Waals surface area (Å²) in [5.41, 5.74) is 6.24. The average Bonchev–Trinajstić information content (AvgIpc) is 3.18. The molecule has 31 heavy (non-hydrogen) atoms. The van der Waals surface area contributed by atoms with E-state index in [0.29, 0.717) is 33.6 Å². The maximum absolute atomic E-state index is 10.0. The van der Waals surface area contributed by atoms with E-state index in [0.717, 1.165) is 12.1 Å². The molecule has 12 heteroatoms. The maximum atomic E-state index is 10.0. The van der Waals surface area contributed by atoms with Crippen LogP contribution in [0.25, 0.3) is 0 Å². The third kappa shape index (κ3) is 10.8. The number of hydrogen-bond donors (Lipinski definition) is 3. The Bertz CT molecular complexity index is 955. The summed E-state index contributed by atoms with van der Waals surface area (Å²) in [5, 5.41) is 6.78. The van der Waals surface area contributed by atoms with E-state index in [4.69, 9.17) is 33.7 Å². The molecule has 0 aliphatic carbocycles. The van der Waals surface area contributed by atoms with E-state index in [9.17, 15) is 9.59 Å². The largest absolute Gasteiger partial charge is 0.542 e. The first-order chi connectivity index (χ1) is 14.3. The molecule has 4 N–H and O–H groups in total. The maximum Gasteiger partial charge on any atom is 0.439 e. The van der Waals surface area contributed by atoms with Crippen LogP contribution in [0.3, 0.4) is 0 Å². The molecule has 0 amide bonds. The number of carbonyl (C=O) groups is 1. The fourth-order valence-electron chi connectivity index (χ4n) is 1.62. The van der Waals surface area contributed by atoms with Crippen molar-refractivity contribution in [3.63, 3.8) is 0 Å². The Hall–Kier alpha value is -1.94. The second-order valence-corrected chi connectivity index (χ2v) is 6.22. The number of H-pyrrole nitrogens is 1. The van der Waals surface area contributed by atoms with Gasteiger partial charge in [0.05, 0.1) is 10.0 Å². The summed E-state index contributed by atoms with van der Waals surface area (Å²) in [6.45, 7) is 5.72. The molecule has 0 fully saturated rings. The Morgan fingerprint density at radius 3 is 2.35 bits per heavy atom. The molecular weight excluding hydrogens is 522 g/mol. The number of benzene rings is 1. The molecule has 1 radical (unpaired) electrons. The third-order valence-corrected chi connectivity index (χ3v) is 3.68. The molecule has 0 unspecified atom stereocenters. The number of pyridine rings is 1.